The molecule has 0 spiro atoms. The van der Waals surface area contributed by atoms with Crippen LogP contribution in [0, 0.1) is 18.3 Å². The van der Waals surface area contributed by atoms with Gasteiger partial charge < -0.3 is 5.11 Å². The highest BCUT2D eigenvalue weighted by Gasteiger charge is 2.37. The Kier molecular flexibility index (Phi) is 2.90. The number of benzene rings is 1. The minimum Gasteiger partial charge on any atom is -0.478 e. The largest absolute Gasteiger partial charge is 0.478 e. The molecule has 1 aromatic carbocycles. The van der Waals surface area contributed by atoms with E-state index in [-0.39, 0.29) is 5.56 Å². The number of halogens is 3. The van der Waals surface area contributed by atoms with E-state index in [4.69, 9.17) is 10.4 Å². The fourth-order valence-electron chi connectivity index (χ4n) is 1.37. The molecule has 3 nitrogen and oxygen atoms in total. The van der Waals surface area contributed by atoms with Crippen LogP contribution in [0.4, 0.5) is 13.2 Å². The molecule has 1 rings (SSSR count). The number of nitrogens with zero attached hydrogens (tertiary/aromatic N) is 1. The van der Waals surface area contributed by atoms with Crippen molar-refractivity contribution in [1.82, 2.24) is 0 Å². The molecule has 0 radical (unpaired) electrons. The molecular formula is C10H6F3NO2. The third-order valence-corrected chi connectivity index (χ3v) is 2.04. The highest BCUT2D eigenvalue weighted by molar-refractivity contribution is 5.91. The van der Waals surface area contributed by atoms with Gasteiger partial charge in [-0.05, 0) is 18.6 Å². The van der Waals surface area contributed by atoms with Crippen LogP contribution in [0.1, 0.15) is 27.0 Å². The van der Waals surface area contributed by atoms with Crippen LogP contribution in [0.25, 0.3) is 0 Å². The van der Waals surface area contributed by atoms with E-state index in [2.05, 4.69) is 0 Å². The molecule has 1 aromatic rings. The molecule has 0 bridgehead atoms. The van der Waals surface area contributed by atoms with Gasteiger partial charge in [-0.2, -0.15) is 18.4 Å². The van der Waals surface area contributed by atoms with E-state index < -0.39 is 28.8 Å². The fraction of sp³-hybridized carbons (Fsp3) is 0.200. The maximum atomic E-state index is 12.6. The maximum Gasteiger partial charge on any atom is 0.417 e. The second-order valence-corrected chi connectivity index (χ2v) is 3.09. The van der Waals surface area contributed by atoms with Crippen LogP contribution in [0.5, 0.6) is 0 Å². The molecule has 16 heavy (non-hydrogen) atoms. The van der Waals surface area contributed by atoms with Gasteiger partial charge >= 0.3 is 12.1 Å². The van der Waals surface area contributed by atoms with Gasteiger partial charge in [0.25, 0.3) is 0 Å². The number of hydrogen-bond acceptors (Lipinski definition) is 2. The molecule has 84 valence electrons. The number of nitriles is 1. The summed E-state index contributed by atoms with van der Waals surface area (Å²) in [5.41, 5.74) is -2.84. The number of hydrogen-bond donors (Lipinski definition) is 1. The lowest BCUT2D eigenvalue weighted by Gasteiger charge is -2.13. The Hall–Kier alpha value is -2.03. The summed E-state index contributed by atoms with van der Waals surface area (Å²) >= 11 is 0. The number of rotatable bonds is 1. The van der Waals surface area contributed by atoms with Crippen LogP contribution in [-0.4, -0.2) is 11.1 Å². The first-order chi connectivity index (χ1) is 7.29. The maximum absolute atomic E-state index is 12.6. The Labute approximate surface area is 88.7 Å². The van der Waals surface area contributed by atoms with Crippen LogP contribution >= 0.6 is 0 Å². The van der Waals surface area contributed by atoms with Gasteiger partial charge in [0.2, 0.25) is 0 Å². The van der Waals surface area contributed by atoms with Crippen molar-refractivity contribution in [3.63, 3.8) is 0 Å². The van der Waals surface area contributed by atoms with E-state index in [1.807, 2.05) is 0 Å². The molecule has 0 atom stereocenters. The normalized spacial score (nSPS) is 10.9. The van der Waals surface area contributed by atoms with E-state index in [1.165, 1.54) is 13.0 Å². The zero-order valence-corrected chi connectivity index (χ0v) is 8.09. The van der Waals surface area contributed by atoms with Crippen molar-refractivity contribution in [1.29, 1.82) is 5.26 Å². The summed E-state index contributed by atoms with van der Waals surface area (Å²) in [5.74, 6) is -1.55. The van der Waals surface area contributed by atoms with Crippen LogP contribution < -0.4 is 0 Å². The summed E-state index contributed by atoms with van der Waals surface area (Å²) in [4.78, 5) is 10.7. The van der Waals surface area contributed by atoms with E-state index in [9.17, 15) is 18.0 Å². The summed E-state index contributed by atoms with van der Waals surface area (Å²) in [6, 6.07) is 3.32. The number of alkyl halides is 3. The third-order valence-electron chi connectivity index (χ3n) is 2.04. The van der Waals surface area contributed by atoms with Gasteiger partial charge in [0.1, 0.15) is 6.07 Å². The second-order valence-electron chi connectivity index (χ2n) is 3.09. The number of carbonyl (C=O) groups is 1. The summed E-state index contributed by atoms with van der Waals surface area (Å²) in [6.45, 7) is 1.18. The fourth-order valence-corrected chi connectivity index (χ4v) is 1.37. The molecule has 0 saturated heterocycles. The third kappa shape index (κ3) is 1.98. The first-order valence-electron chi connectivity index (χ1n) is 4.13. The molecule has 0 heterocycles. The Balaban J connectivity index is 3.66. The molecule has 1 N–H and O–H groups in total. The average molecular weight is 229 g/mol. The van der Waals surface area contributed by atoms with Crippen molar-refractivity contribution < 1.29 is 23.1 Å². The molecule has 0 aromatic heterocycles. The second kappa shape index (κ2) is 3.85. The van der Waals surface area contributed by atoms with Crippen molar-refractivity contribution >= 4 is 5.97 Å². The van der Waals surface area contributed by atoms with Gasteiger partial charge in [0.15, 0.2) is 0 Å². The standard InChI is InChI=1S/C10H6F3NO2/c1-5-2-3-6(9(15)16)7(4-14)8(5)10(11,12)13/h2-3H,1H3,(H,15,16). The van der Waals surface area contributed by atoms with Crippen molar-refractivity contribution in [3.05, 3.63) is 34.4 Å². The van der Waals surface area contributed by atoms with E-state index in [0.29, 0.717) is 0 Å². The van der Waals surface area contributed by atoms with E-state index in [0.717, 1.165) is 12.1 Å². The number of aryl methyl sites for hydroxylation is 1. The van der Waals surface area contributed by atoms with Crippen molar-refractivity contribution in [2.45, 2.75) is 13.1 Å². The van der Waals surface area contributed by atoms with Crippen LogP contribution in [0.3, 0.4) is 0 Å². The number of aromatic carboxylic acids is 1. The van der Waals surface area contributed by atoms with Crippen molar-refractivity contribution in [3.8, 4) is 6.07 Å². The topological polar surface area (TPSA) is 61.1 Å². The molecule has 6 heteroatoms. The summed E-state index contributed by atoms with van der Waals surface area (Å²) in [7, 11) is 0. The minimum atomic E-state index is -4.74. The van der Waals surface area contributed by atoms with Crippen LogP contribution in [0.2, 0.25) is 0 Å². The lowest BCUT2D eigenvalue weighted by Crippen LogP contribution is -2.14. The molecule has 0 unspecified atom stereocenters. The number of carboxylic acids is 1. The van der Waals surface area contributed by atoms with Gasteiger partial charge in [-0.3, -0.25) is 0 Å². The van der Waals surface area contributed by atoms with E-state index in [1.54, 1.807) is 0 Å². The molecule has 0 aliphatic heterocycles. The monoisotopic (exact) mass is 229 g/mol. The molecule has 0 fully saturated rings. The summed E-state index contributed by atoms with van der Waals surface area (Å²) < 4.78 is 37.8. The first kappa shape index (κ1) is 12.0. The lowest BCUT2D eigenvalue weighted by atomic mass is 9.97. The Morgan fingerprint density at radius 2 is 2.00 bits per heavy atom. The quantitative estimate of drug-likeness (QED) is 0.804. The Morgan fingerprint density at radius 3 is 2.38 bits per heavy atom. The highest BCUT2D eigenvalue weighted by atomic mass is 19.4. The number of carboxylic acid groups (broad SMARTS) is 1. The zero-order valence-electron chi connectivity index (χ0n) is 8.09. The van der Waals surface area contributed by atoms with Crippen LogP contribution in [-0.2, 0) is 6.18 Å². The zero-order chi connectivity index (χ0) is 12.5. The van der Waals surface area contributed by atoms with E-state index >= 15 is 0 Å². The SMILES string of the molecule is Cc1ccc(C(=O)O)c(C#N)c1C(F)(F)F. The lowest BCUT2D eigenvalue weighted by molar-refractivity contribution is -0.138. The smallest absolute Gasteiger partial charge is 0.417 e. The van der Waals surface area contributed by atoms with Gasteiger partial charge in [0.05, 0.1) is 16.7 Å². The summed E-state index contributed by atoms with van der Waals surface area (Å²) in [5, 5.41) is 17.3. The Morgan fingerprint density at radius 1 is 1.44 bits per heavy atom. The molecule has 0 saturated carbocycles. The predicted octanol–water partition coefficient (Wildman–Crippen LogP) is 2.58. The molecule has 0 amide bonds. The Bertz CT molecular complexity index is 486. The molecular weight excluding hydrogens is 223 g/mol. The highest BCUT2D eigenvalue weighted by Crippen LogP contribution is 2.35. The first-order valence-corrected chi connectivity index (χ1v) is 4.13. The molecule has 0 aliphatic carbocycles. The van der Waals surface area contributed by atoms with Crippen molar-refractivity contribution in [2.24, 2.45) is 0 Å². The van der Waals surface area contributed by atoms with Gasteiger partial charge in [0, 0.05) is 0 Å². The van der Waals surface area contributed by atoms with Crippen molar-refractivity contribution in [2.75, 3.05) is 0 Å². The van der Waals surface area contributed by atoms with Gasteiger partial charge in [-0.15, -0.1) is 0 Å². The predicted molar refractivity (Wildman–Crippen MR) is 47.9 cm³/mol. The van der Waals surface area contributed by atoms with Gasteiger partial charge in [-0.1, -0.05) is 6.07 Å². The van der Waals surface area contributed by atoms with Crippen LogP contribution in [0.15, 0.2) is 12.1 Å². The van der Waals surface area contributed by atoms with Gasteiger partial charge in [-0.25, -0.2) is 4.79 Å². The molecule has 0 aliphatic rings. The minimum absolute atomic E-state index is 0.172. The average Bonchev–Trinajstić information content (AvgIpc) is 2.14. The summed E-state index contributed by atoms with van der Waals surface area (Å²) in [6.07, 6.45) is -4.74.